The third-order valence-electron chi connectivity index (χ3n) is 3.85. The van der Waals surface area contributed by atoms with E-state index in [0.717, 1.165) is 24.9 Å². The summed E-state index contributed by atoms with van der Waals surface area (Å²) in [4.78, 5) is 24.3. The maximum absolute atomic E-state index is 12.4. The molecule has 1 aromatic rings. The maximum Gasteiger partial charge on any atom is 0.333 e. The van der Waals surface area contributed by atoms with Gasteiger partial charge in [-0.05, 0) is 31.9 Å². The Morgan fingerprint density at radius 1 is 1.33 bits per heavy atom. The maximum atomic E-state index is 12.4. The lowest BCUT2D eigenvalue weighted by molar-refractivity contribution is -0.146. The smallest absolute Gasteiger partial charge is 0.333 e. The van der Waals surface area contributed by atoms with Gasteiger partial charge in [-0.3, -0.25) is 4.79 Å². The molecule has 0 spiro atoms. The van der Waals surface area contributed by atoms with Gasteiger partial charge in [-0.2, -0.15) is 0 Å². The summed E-state index contributed by atoms with van der Waals surface area (Å²) in [7, 11) is 1.33. The van der Waals surface area contributed by atoms with Crippen molar-refractivity contribution in [3.8, 4) is 0 Å². The van der Waals surface area contributed by atoms with Crippen molar-refractivity contribution in [3.63, 3.8) is 0 Å². The van der Waals surface area contributed by atoms with Crippen molar-refractivity contribution in [2.24, 2.45) is 5.92 Å². The van der Waals surface area contributed by atoms with Gasteiger partial charge >= 0.3 is 5.97 Å². The zero-order valence-electron chi connectivity index (χ0n) is 12.5. The van der Waals surface area contributed by atoms with Crippen molar-refractivity contribution in [2.45, 2.75) is 31.8 Å². The third-order valence-corrected chi connectivity index (χ3v) is 3.85. The quantitative estimate of drug-likeness (QED) is 0.823. The fourth-order valence-electron chi connectivity index (χ4n) is 2.67. The van der Waals surface area contributed by atoms with Crippen LogP contribution in [0.15, 0.2) is 30.3 Å². The molecule has 0 saturated carbocycles. The van der Waals surface area contributed by atoms with Crippen LogP contribution in [0.4, 0.5) is 0 Å². The van der Waals surface area contributed by atoms with Gasteiger partial charge in [-0.25, -0.2) is 4.79 Å². The van der Waals surface area contributed by atoms with Gasteiger partial charge < -0.3 is 15.4 Å². The molecule has 3 atom stereocenters. The van der Waals surface area contributed by atoms with Crippen LogP contribution in [0.1, 0.15) is 31.4 Å². The minimum atomic E-state index is -0.742. The Bertz CT molecular complexity index is 490. The van der Waals surface area contributed by atoms with Gasteiger partial charge in [0.05, 0.1) is 7.11 Å². The van der Waals surface area contributed by atoms with Crippen LogP contribution in [-0.2, 0) is 14.3 Å². The van der Waals surface area contributed by atoms with Crippen molar-refractivity contribution >= 4 is 11.9 Å². The number of carbonyl (C=O) groups excluding carboxylic acids is 2. The molecule has 5 nitrogen and oxygen atoms in total. The minimum absolute atomic E-state index is 0.0582. The normalized spacial score (nSPS) is 23.1. The van der Waals surface area contributed by atoms with Crippen LogP contribution in [0, 0.1) is 5.92 Å². The highest BCUT2D eigenvalue weighted by atomic mass is 16.5. The summed E-state index contributed by atoms with van der Waals surface area (Å²) in [5, 5.41) is 6.15. The highest BCUT2D eigenvalue weighted by Gasteiger charge is 2.29. The van der Waals surface area contributed by atoms with Gasteiger partial charge in [0.2, 0.25) is 5.91 Å². The summed E-state index contributed by atoms with van der Waals surface area (Å²) < 4.78 is 4.81. The number of carbonyl (C=O) groups is 2. The molecular weight excluding hydrogens is 268 g/mol. The van der Waals surface area contributed by atoms with Crippen molar-refractivity contribution in [2.75, 3.05) is 13.7 Å². The number of hydrogen-bond acceptors (Lipinski definition) is 4. The lowest BCUT2D eigenvalue weighted by Gasteiger charge is -2.28. The first kappa shape index (κ1) is 15.5. The minimum Gasteiger partial charge on any atom is -0.467 e. The number of benzene rings is 1. The zero-order chi connectivity index (χ0) is 15.2. The molecule has 0 radical (unpaired) electrons. The predicted molar refractivity (Wildman–Crippen MR) is 79.5 cm³/mol. The van der Waals surface area contributed by atoms with Crippen molar-refractivity contribution < 1.29 is 14.3 Å². The van der Waals surface area contributed by atoms with E-state index in [1.165, 1.54) is 7.11 Å². The summed E-state index contributed by atoms with van der Waals surface area (Å²) in [6.45, 7) is 2.89. The van der Waals surface area contributed by atoms with Crippen LogP contribution in [-0.4, -0.2) is 31.6 Å². The van der Waals surface area contributed by atoms with Crippen LogP contribution < -0.4 is 10.6 Å². The summed E-state index contributed by atoms with van der Waals surface area (Å²) >= 11 is 0. The Morgan fingerprint density at radius 2 is 2.05 bits per heavy atom. The van der Waals surface area contributed by atoms with Crippen LogP contribution in [0.3, 0.4) is 0 Å². The van der Waals surface area contributed by atoms with Crippen molar-refractivity contribution in [1.29, 1.82) is 0 Å². The second kappa shape index (κ2) is 7.22. The topological polar surface area (TPSA) is 67.4 Å². The third kappa shape index (κ3) is 4.04. The van der Waals surface area contributed by atoms with E-state index in [9.17, 15) is 9.59 Å². The Labute approximate surface area is 125 Å². The van der Waals surface area contributed by atoms with Gasteiger partial charge in [0.1, 0.15) is 0 Å². The molecule has 0 aliphatic carbocycles. The number of methoxy groups -OCH3 is 1. The SMILES string of the molecule is COC(=O)C(NC(=O)C1CCNC(C)C1)c1ccccc1. The summed E-state index contributed by atoms with van der Waals surface area (Å²) in [6, 6.07) is 8.75. The Morgan fingerprint density at radius 3 is 2.67 bits per heavy atom. The molecule has 21 heavy (non-hydrogen) atoms. The molecule has 1 aliphatic rings. The summed E-state index contributed by atoms with van der Waals surface area (Å²) in [5.74, 6) is -0.587. The van der Waals surface area contributed by atoms with E-state index < -0.39 is 12.0 Å². The number of rotatable bonds is 4. The largest absolute Gasteiger partial charge is 0.467 e. The van der Waals surface area contributed by atoms with Crippen LogP contribution in [0.2, 0.25) is 0 Å². The van der Waals surface area contributed by atoms with Crippen LogP contribution in [0.25, 0.3) is 0 Å². The molecule has 2 N–H and O–H groups in total. The highest BCUT2D eigenvalue weighted by molar-refractivity contribution is 5.86. The molecule has 1 fully saturated rings. The van der Waals surface area contributed by atoms with Crippen LogP contribution in [0.5, 0.6) is 0 Å². The molecule has 1 aromatic carbocycles. The molecule has 1 saturated heterocycles. The lowest BCUT2D eigenvalue weighted by Crippen LogP contribution is -2.44. The monoisotopic (exact) mass is 290 g/mol. The molecule has 2 rings (SSSR count). The average molecular weight is 290 g/mol. The molecular formula is C16H22N2O3. The molecule has 114 valence electrons. The van der Waals surface area contributed by atoms with Crippen molar-refractivity contribution in [1.82, 2.24) is 10.6 Å². The molecule has 0 bridgehead atoms. The second-order valence-corrected chi connectivity index (χ2v) is 5.45. The van der Waals surface area contributed by atoms with Crippen molar-refractivity contribution in [3.05, 3.63) is 35.9 Å². The van der Waals surface area contributed by atoms with Gasteiger partial charge in [-0.15, -0.1) is 0 Å². The number of nitrogens with one attached hydrogen (secondary N) is 2. The fraction of sp³-hybridized carbons (Fsp3) is 0.500. The standard InChI is InChI=1S/C16H22N2O3/c1-11-10-13(8-9-17-11)15(19)18-14(16(20)21-2)12-6-4-3-5-7-12/h3-7,11,13-14,17H,8-10H2,1-2H3,(H,18,19). The molecule has 0 aromatic heterocycles. The first-order valence-corrected chi connectivity index (χ1v) is 7.28. The van der Waals surface area contributed by atoms with E-state index in [2.05, 4.69) is 17.6 Å². The average Bonchev–Trinajstić information content (AvgIpc) is 2.52. The Hall–Kier alpha value is -1.88. The first-order valence-electron chi connectivity index (χ1n) is 7.28. The lowest BCUT2D eigenvalue weighted by atomic mass is 9.92. The second-order valence-electron chi connectivity index (χ2n) is 5.45. The fourth-order valence-corrected chi connectivity index (χ4v) is 2.67. The van der Waals surface area contributed by atoms with E-state index in [1.54, 1.807) is 0 Å². The van der Waals surface area contributed by atoms with Gasteiger partial charge in [0, 0.05) is 12.0 Å². The molecule has 3 unspecified atom stereocenters. The zero-order valence-corrected chi connectivity index (χ0v) is 12.5. The predicted octanol–water partition coefficient (Wildman–Crippen LogP) is 1.40. The molecule has 1 heterocycles. The van der Waals surface area contributed by atoms with E-state index in [1.807, 2.05) is 30.3 Å². The van der Waals surface area contributed by atoms with E-state index >= 15 is 0 Å². The number of ether oxygens (including phenoxy) is 1. The Balaban J connectivity index is 2.08. The van der Waals surface area contributed by atoms with Gasteiger partial charge in [0.25, 0.3) is 0 Å². The van der Waals surface area contributed by atoms with E-state index in [4.69, 9.17) is 4.74 Å². The first-order chi connectivity index (χ1) is 10.1. The van der Waals surface area contributed by atoms with E-state index in [-0.39, 0.29) is 11.8 Å². The van der Waals surface area contributed by atoms with Gasteiger partial charge in [0.15, 0.2) is 6.04 Å². The summed E-state index contributed by atoms with van der Waals surface area (Å²) in [5.41, 5.74) is 0.736. The number of esters is 1. The summed E-state index contributed by atoms with van der Waals surface area (Å²) in [6.07, 6.45) is 1.58. The molecule has 1 aliphatic heterocycles. The number of piperidine rings is 1. The van der Waals surface area contributed by atoms with E-state index in [0.29, 0.717) is 6.04 Å². The molecule has 1 amide bonds. The Kier molecular flexibility index (Phi) is 5.33. The van der Waals surface area contributed by atoms with Crippen LogP contribution >= 0.6 is 0 Å². The number of amides is 1. The molecule has 5 heteroatoms. The highest BCUT2D eigenvalue weighted by Crippen LogP contribution is 2.20. The van der Waals surface area contributed by atoms with Gasteiger partial charge in [-0.1, -0.05) is 30.3 Å². The number of hydrogen-bond donors (Lipinski definition) is 2.